The molecule has 1 aromatic heterocycles. The Bertz CT molecular complexity index is 469. The third kappa shape index (κ3) is 1.81. The van der Waals surface area contributed by atoms with Gasteiger partial charge in [0.1, 0.15) is 0 Å². The Morgan fingerprint density at radius 1 is 1.25 bits per heavy atom. The molecule has 0 unspecified atom stereocenters. The van der Waals surface area contributed by atoms with E-state index >= 15 is 0 Å². The van der Waals surface area contributed by atoms with E-state index in [9.17, 15) is 0 Å². The minimum absolute atomic E-state index is 0.698. The van der Waals surface area contributed by atoms with Crippen molar-refractivity contribution in [3.05, 3.63) is 46.5 Å². The van der Waals surface area contributed by atoms with E-state index in [4.69, 9.17) is 5.73 Å². The summed E-state index contributed by atoms with van der Waals surface area (Å²) in [6, 6.07) is 10.5. The Morgan fingerprint density at radius 3 is 2.81 bits per heavy atom. The number of anilines is 1. The first-order valence-corrected chi connectivity index (χ1v) is 6.13. The van der Waals surface area contributed by atoms with Crippen molar-refractivity contribution in [1.29, 1.82) is 0 Å². The second-order valence-corrected chi connectivity index (χ2v) is 5.17. The monoisotopic (exact) mass is 231 g/mol. The van der Waals surface area contributed by atoms with Crippen LogP contribution in [0.5, 0.6) is 0 Å². The number of benzene rings is 1. The van der Waals surface area contributed by atoms with Crippen LogP contribution in [-0.2, 0) is 19.6 Å². The van der Waals surface area contributed by atoms with Crippen LogP contribution in [0.3, 0.4) is 0 Å². The molecule has 0 saturated heterocycles. The van der Waals surface area contributed by atoms with Crippen molar-refractivity contribution in [2.24, 2.45) is 0 Å². The Balaban J connectivity index is 1.70. The summed E-state index contributed by atoms with van der Waals surface area (Å²) in [4.78, 5) is 8.06. The van der Waals surface area contributed by atoms with Crippen LogP contribution in [0.2, 0.25) is 0 Å². The lowest BCUT2D eigenvalue weighted by Gasteiger charge is -2.14. The molecule has 82 valence electrons. The highest BCUT2D eigenvalue weighted by Gasteiger charge is 2.22. The molecule has 0 saturated carbocycles. The first kappa shape index (κ1) is 9.81. The van der Waals surface area contributed by atoms with Crippen molar-refractivity contribution in [3.8, 4) is 0 Å². The molecule has 4 heteroatoms. The fourth-order valence-electron chi connectivity index (χ4n) is 2.07. The van der Waals surface area contributed by atoms with Crippen molar-refractivity contribution in [2.75, 3.05) is 5.73 Å². The van der Waals surface area contributed by atoms with Crippen molar-refractivity contribution >= 4 is 16.5 Å². The van der Waals surface area contributed by atoms with Gasteiger partial charge in [-0.2, -0.15) is 0 Å². The summed E-state index contributed by atoms with van der Waals surface area (Å²) in [6.07, 6.45) is 0. The number of aromatic nitrogens is 1. The van der Waals surface area contributed by atoms with Crippen molar-refractivity contribution < 1.29 is 0 Å². The summed E-state index contributed by atoms with van der Waals surface area (Å²) >= 11 is 1.62. The number of hydrogen-bond acceptors (Lipinski definition) is 4. The number of fused-ring (bicyclic) bond motifs is 1. The Labute approximate surface area is 98.5 Å². The summed E-state index contributed by atoms with van der Waals surface area (Å²) in [5.41, 5.74) is 8.19. The second-order valence-electron chi connectivity index (χ2n) is 4.05. The standard InChI is InChI=1S/C12H13N3S/c13-12-14-10-7-15(8-11(10)16-12)6-9-4-2-1-3-5-9/h1-5H,6-8H2,(H2,13,14). The molecule has 1 aromatic carbocycles. The number of nitrogens with two attached hydrogens (primary N) is 1. The lowest BCUT2D eigenvalue weighted by molar-refractivity contribution is 0.275. The minimum atomic E-state index is 0.698. The maximum atomic E-state index is 5.68. The molecule has 1 aliphatic heterocycles. The summed E-state index contributed by atoms with van der Waals surface area (Å²) in [5, 5.41) is 0.698. The van der Waals surface area contributed by atoms with Gasteiger partial charge in [0.2, 0.25) is 0 Å². The van der Waals surface area contributed by atoms with E-state index in [0.29, 0.717) is 5.13 Å². The molecule has 16 heavy (non-hydrogen) atoms. The first-order valence-electron chi connectivity index (χ1n) is 5.31. The number of rotatable bonds is 2. The predicted molar refractivity (Wildman–Crippen MR) is 65.9 cm³/mol. The average Bonchev–Trinajstić information content (AvgIpc) is 2.76. The molecule has 1 aliphatic rings. The van der Waals surface area contributed by atoms with Crippen LogP contribution < -0.4 is 5.73 Å². The van der Waals surface area contributed by atoms with Gasteiger partial charge in [0.25, 0.3) is 0 Å². The summed E-state index contributed by atoms with van der Waals surface area (Å²) in [5.74, 6) is 0. The number of nitrogen functional groups attached to an aromatic ring is 1. The zero-order valence-electron chi connectivity index (χ0n) is 8.89. The van der Waals surface area contributed by atoms with Crippen LogP contribution in [0.25, 0.3) is 0 Å². The fraction of sp³-hybridized carbons (Fsp3) is 0.250. The largest absolute Gasteiger partial charge is 0.375 e. The first-order chi connectivity index (χ1) is 7.81. The molecule has 2 N–H and O–H groups in total. The van der Waals surface area contributed by atoms with E-state index in [1.165, 1.54) is 16.1 Å². The summed E-state index contributed by atoms with van der Waals surface area (Å²) < 4.78 is 0. The van der Waals surface area contributed by atoms with E-state index in [1.807, 2.05) is 6.07 Å². The van der Waals surface area contributed by atoms with Gasteiger partial charge >= 0.3 is 0 Å². The third-order valence-electron chi connectivity index (χ3n) is 2.78. The van der Waals surface area contributed by atoms with Gasteiger partial charge < -0.3 is 5.73 Å². The van der Waals surface area contributed by atoms with Crippen molar-refractivity contribution in [3.63, 3.8) is 0 Å². The number of nitrogens with zero attached hydrogens (tertiary/aromatic N) is 2. The van der Waals surface area contributed by atoms with Crippen LogP contribution in [0, 0.1) is 0 Å². The number of thiazole rings is 1. The molecule has 0 fully saturated rings. The molecule has 0 spiro atoms. The van der Waals surface area contributed by atoms with Gasteiger partial charge in [-0.25, -0.2) is 4.98 Å². The van der Waals surface area contributed by atoms with Crippen molar-refractivity contribution in [2.45, 2.75) is 19.6 Å². The maximum Gasteiger partial charge on any atom is 0.180 e. The highest BCUT2D eigenvalue weighted by Crippen LogP contribution is 2.30. The number of hydrogen-bond donors (Lipinski definition) is 1. The molecule has 3 nitrogen and oxygen atoms in total. The van der Waals surface area contributed by atoms with Gasteiger partial charge in [-0.05, 0) is 5.56 Å². The zero-order chi connectivity index (χ0) is 11.0. The Hall–Kier alpha value is -1.39. The third-order valence-corrected chi connectivity index (χ3v) is 3.70. The normalized spacial score (nSPS) is 15.2. The fourth-order valence-corrected chi connectivity index (χ4v) is 2.96. The van der Waals surface area contributed by atoms with Gasteiger partial charge in [-0.15, -0.1) is 11.3 Å². The lowest BCUT2D eigenvalue weighted by Crippen LogP contribution is -2.15. The molecule has 0 radical (unpaired) electrons. The smallest absolute Gasteiger partial charge is 0.180 e. The zero-order valence-corrected chi connectivity index (χ0v) is 9.70. The molecule has 3 rings (SSSR count). The lowest BCUT2D eigenvalue weighted by atomic mass is 10.2. The Kier molecular flexibility index (Phi) is 2.38. The van der Waals surface area contributed by atoms with Gasteiger partial charge in [-0.1, -0.05) is 30.3 Å². The van der Waals surface area contributed by atoms with Crippen LogP contribution in [0.15, 0.2) is 30.3 Å². The molecular weight excluding hydrogens is 218 g/mol. The SMILES string of the molecule is Nc1nc2c(s1)CN(Cc1ccccc1)C2. The van der Waals surface area contributed by atoms with Crippen LogP contribution in [0.4, 0.5) is 5.13 Å². The van der Waals surface area contributed by atoms with E-state index in [0.717, 1.165) is 19.6 Å². The van der Waals surface area contributed by atoms with E-state index in [1.54, 1.807) is 11.3 Å². The average molecular weight is 231 g/mol. The van der Waals surface area contributed by atoms with Crippen LogP contribution in [-0.4, -0.2) is 9.88 Å². The Morgan fingerprint density at radius 2 is 2.06 bits per heavy atom. The van der Waals surface area contributed by atoms with Crippen LogP contribution in [0.1, 0.15) is 16.1 Å². The second kappa shape index (κ2) is 3.88. The molecular formula is C12H13N3S. The topological polar surface area (TPSA) is 42.1 Å². The highest BCUT2D eigenvalue weighted by molar-refractivity contribution is 7.15. The summed E-state index contributed by atoms with van der Waals surface area (Å²) in [7, 11) is 0. The van der Waals surface area contributed by atoms with E-state index < -0.39 is 0 Å². The highest BCUT2D eigenvalue weighted by atomic mass is 32.1. The molecule has 2 aromatic rings. The molecule has 0 amide bonds. The molecule has 0 atom stereocenters. The van der Waals surface area contributed by atoms with Gasteiger partial charge in [0.05, 0.1) is 5.69 Å². The summed E-state index contributed by atoms with van der Waals surface area (Å²) in [6.45, 7) is 2.90. The van der Waals surface area contributed by atoms with Gasteiger partial charge in [-0.3, -0.25) is 4.90 Å². The van der Waals surface area contributed by atoms with Gasteiger partial charge in [0, 0.05) is 24.5 Å². The van der Waals surface area contributed by atoms with Gasteiger partial charge in [0.15, 0.2) is 5.13 Å². The quantitative estimate of drug-likeness (QED) is 0.862. The minimum Gasteiger partial charge on any atom is -0.375 e. The molecule has 2 heterocycles. The van der Waals surface area contributed by atoms with Crippen LogP contribution >= 0.6 is 11.3 Å². The van der Waals surface area contributed by atoms with E-state index in [-0.39, 0.29) is 0 Å². The predicted octanol–water partition coefficient (Wildman–Crippen LogP) is 2.24. The van der Waals surface area contributed by atoms with Crippen molar-refractivity contribution in [1.82, 2.24) is 9.88 Å². The molecule has 0 aliphatic carbocycles. The van der Waals surface area contributed by atoms with E-state index in [2.05, 4.69) is 34.1 Å². The maximum absolute atomic E-state index is 5.68. The molecule has 0 bridgehead atoms.